The number of anilines is 1. The highest BCUT2D eigenvalue weighted by atomic mass is 19.1. The maximum Gasteiger partial charge on any atom is 0.407 e. The third-order valence-corrected chi connectivity index (χ3v) is 10.1. The summed E-state index contributed by atoms with van der Waals surface area (Å²) in [6.45, 7) is 7.09. The standard InChI is InChI=1S/C36H50FN3O7/c1-5-45-34(43)30-20-25-19-26(15-16-29(25)46-30)38-32(41)31-27(22-9-7-6-8-10-22)17-18-40(31)33(42)24-13-11-23(12-14-24)28(21-37)39-35(44)47-36(2,3)4/h15-16,19-20,22-24,27-28,31H,5-14,17-18,21H2,1-4H3,(H,38,41)(H,39,44)/t23?,24?,27-,28+,31-/m0/s1. The molecule has 3 aliphatic rings. The molecule has 3 atom stereocenters. The van der Waals surface area contributed by atoms with Crippen LogP contribution in [0.2, 0.25) is 0 Å². The first-order valence-electron chi connectivity index (χ1n) is 17.3. The van der Waals surface area contributed by atoms with Crippen LogP contribution in [0.25, 0.3) is 11.0 Å². The van der Waals surface area contributed by atoms with Crippen molar-refractivity contribution in [3.8, 4) is 0 Å². The Kier molecular flexibility index (Phi) is 11.1. The van der Waals surface area contributed by atoms with Gasteiger partial charge < -0.3 is 29.4 Å². The van der Waals surface area contributed by atoms with Gasteiger partial charge in [0.1, 0.15) is 23.9 Å². The summed E-state index contributed by atoms with van der Waals surface area (Å²) in [7, 11) is 0. The van der Waals surface area contributed by atoms with Crippen LogP contribution in [0.3, 0.4) is 0 Å². The third kappa shape index (κ3) is 8.46. The monoisotopic (exact) mass is 655 g/mol. The number of furan rings is 1. The number of esters is 1. The highest BCUT2D eigenvalue weighted by Gasteiger charge is 2.47. The van der Waals surface area contributed by atoms with E-state index in [-0.39, 0.29) is 41.9 Å². The Morgan fingerprint density at radius 2 is 1.72 bits per heavy atom. The molecule has 2 saturated carbocycles. The van der Waals surface area contributed by atoms with Crippen molar-refractivity contribution in [3.05, 3.63) is 30.0 Å². The molecule has 11 heteroatoms. The van der Waals surface area contributed by atoms with Crippen LogP contribution in [-0.4, -0.2) is 66.3 Å². The van der Waals surface area contributed by atoms with Gasteiger partial charge in [-0.3, -0.25) is 9.59 Å². The van der Waals surface area contributed by atoms with Crippen LogP contribution in [0.5, 0.6) is 0 Å². The topological polar surface area (TPSA) is 127 Å². The van der Waals surface area contributed by atoms with Gasteiger partial charge >= 0.3 is 12.1 Å². The Bertz CT molecular complexity index is 1420. The first-order chi connectivity index (χ1) is 22.5. The van der Waals surface area contributed by atoms with Gasteiger partial charge in [0.25, 0.3) is 0 Å². The van der Waals surface area contributed by atoms with Crippen molar-refractivity contribution in [2.75, 3.05) is 25.1 Å². The molecule has 3 amide bonds. The molecule has 3 fully saturated rings. The molecule has 1 aromatic heterocycles. The zero-order valence-corrected chi connectivity index (χ0v) is 28.1. The molecule has 2 heterocycles. The lowest BCUT2D eigenvalue weighted by atomic mass is 9.76. The summed E-state index contributed by atoms with van der Waals surface area (Å²) >= 11 is 0. The number of hydrogen-bond donors (Lipinski definition) is 2. The molecule has 0 bridgehead atoms. The van der Waals surface area contributed by atoms with Gasteiger partial charge in [-0.2, -0.15) is 0 Å². The Morgan fingerprint density at radius 3 is 2.38 bits per heavy atom. The summed E-state index contributed by atoms with van der Waals surface area (Å²) in [5, 5.41) is 6.43. The SMILES string of the molecule is CCOC(=O)c1cc2cc(NC(=O)[C@@H]3[C@H](C4CCCCC4)CCN3C(=O)C3CCC([C@@H](CF)NC(=O)OC(C)(C)C)CC3)ccc2o1. The number of likely N-dealkylation sites (tertiary alicyclic amines) is 1. The minimum atomic E-state index is -0.700. The second-order valence-corrected chi connectivity index (χ2v) is 14.4. The van der Waals surface area contributed by atoms with Gasteiger partial charge in [0, 0.05) is 23.5 Å². The fraction of sp³-hybridized carbons (Fsp3) is 0.667. The number of halogens is 1. The van der Waals surface area contributed by atoms with Crippen molar-refractivity contribution in [2.24, 2.45) is 23.7 Å². The molecular formula is C36H50FN3O7. The van der Waals surface area contributed by atoms with Gasteiger partial charge in [-0.05, 0) is 102 Å². The van der Waals surface area contributed by atoms with E-state index in [1.165, 1.54) is 6.42 Å². The van der Waals surface area contributed by atoms with Crippen molar-refractivity contribution in [2.45, 2.75) is 110 Å². The van der Waals surface area contributed by atoms with Crippen molar-refractivity contribution in [1.82, 2.24) is 10.2 Å². The molecule has 0 radical (unpaired) electrons. The Morgan fingerprint density at radius 1 is 1.00 bits per heavy atom. The van der Waals surface area contributed by atoms with Crippen LogP contribution in [-0.2, 0) is 19.1 Å². The minimum absolute atomic E-state index is 0.0109. The van der Waals surface area contributed by atoms with Gasteiger partial charge in [-0.25, -0.2) is 14.0 Å². The summed E-state index contributed by atoms with van der Waals surface area (Å²) in [4.78, 5) is 54.5. The molecule has 2 aliphatic carbocycles. The van der Waals surface area contributed by atoms with Gasteiger partial charge in [-0.15, -0.1) is 0 Å². The molecular weight excluding hydrogens is 605 g/mol. The second-order valence-electron chi connectivity index (χ2n) is 14.4. The highest BCUT2D eigenvalue weighted by Crippen LogP contribution is 2.41. The summed E-state index contributed by atoms with van der Waals surface area (Å²) in [5.41, 5.74) is 0.397. The van der Waals surface area contributed by atoms with E-state index in [1.807, 2.05) is 0 Å². The Balaban J connectivity index is 1.27. The normalized spacial score (nSPS) is 24.5. The highest BCUT2D eigenvalue weighted by molar-refractivity contribution is 6.00. The fourth-order valence-electron chi connectivity index (χ4n) is 7.84. The van der Waals surface area contributed by atoms with Gasteiger partial charge in [-0.1, -0.05) is 32.1 Å². The van der Waals surface area contributed by atoms with Crippen molar-refractivity contribution in [3.63, 3.8) is 0 Å². The van der Waals surface area contributed by atoms with E-state index >= 15 is 0 Å². The molecule has 2 N–H and O–H groups in total. The van der Waals surface area contributed by atoms with Gasteiger partial charge in [0.2, 0.25) is 17.6 Å². The number of benzene rings is 1. The predicted molar refractivity (Wildman–Crippen MR) is 176 cm³/mol. The molecule has 1 saturated heterocycles. The van der Waals surface area contributed by atoms with Crippen LogP contribution in [0.4, 0.5) is 14.9 Å². The molecule has 258 valence electrons. The lowest BCUT2D eigenvalue weighted by Crippen LogP contribution is -2.50. The number of carbonyl (C=O) groups is 4. The maximum atomic E-state index is 14.1. The molecule has 10 nitrogen and oxygen atoms in total. The van der Waals surface area contributed by atoms with E-state index in [0.29, 0.717) is 54.8 Å². The van der Waals surface area contributed by atoms with Crippen LogP contribution < -0.4 is 10.6 Å². The van der Waals surface area contributed by atoms with Crippen LogP contribution in [0, 0.1) is 23.7 Å². The fourth-order valence-corrected chi connectivity index (χ4v) is 7.84. The number of amides is 3. The number of nitrogens with one attached hydrogen (secondary N) is 2. The van der Waals surface area contributed by atoms with E-state index in [0.717, 1.165) is 32.1 Å². The molecule has 5 rings (SSSR count). The summed E-state index contributed by atoms with van der Waals surface area (Å²) in [5.74, 6) is -0.528. The first kappa shape index (κ1) is 34.7. The van der Waals surface area contributed by atoms with Crippen LogP contribution in [0.1, 0.15) is 102 Å². The average molecular weight is 656 g/mol. The molecule has 0 spiro atoms. The van der Waals surface area contributed by atoms with E-state index in [2.05, 4.69) is 10.6 Å². The average Bonchev–Trinajstić information content (AvgIpc) is 3.68. The quantitative estimate of drug-likeness (QED) is 0.278. The smallest absolute Gasteiger partial charge is 0.407 e. The first-order valence-corrected chi connectivity index (χ1v) is 17.3. The Labute approximate surface area is 276 Å². The number of nitrogens with zero attached hydrogens (tertiary/aromatic N) is 1. The summed E-state index contributed by atoms with van der Waals surface area (Å²) in [6, 6.07) is 5.58. The maximum absolute atomic E-state index is 14.1. The molecule has 0 unspecified atom stereocenters. The number of alkyl halides is 1. The molecule has 47 heavy (non-hydrogen) atoms. The van der Waals surface area contributed by atoms with Crippen LogP contribution in [0.15, 0.2) is 28.7 Å². The van der Waals surface area contributed by atoms with Gasteiger partial charge in [0.15, 0.2) is 0 Å². The largest absolute Gasteiger partial charge is 0.460 e. The molecule has 1 aromatic carbocycles. The number of hydrogen-bond acceptors (Lipinski definition) is 7. The summed E-state index contributed by atoms with van der Waals surface area (Å²) < 4.78 is 30.0. The lowest BCUT2D eigenvalue weighted by molar-refractivity contribution is -0.142. The second kappa shape index (κ2) is 15.1. The Hall–Kier alpha value is -3.63. The number of ether oxygens (including phenoxy) is 2. The van der Waals surface area contributed by atoms with Crippen molar-refractivity contribution in [1.29, 1.82) is 0 Å². The van der Waals surface area contributed by atoms with E-state index < -0.39 is 36.4 Å². The summed E-state index contributed by atoms with van der Waals surface area (Å²) in [6.07, 6.45) is 8.13. The van der Waals surface area contributed by atoms with E-state index in [4.69, 9.17) is 13.9 Å². The predicted octanol–water partition coefficient (Wildman–Crippen LogP) is 7.01. The van der Waals surface area contributed by atoms with Crippen molar-refractivity contribution < 1.29 is 37.5 Å². The zero-order valence-electron chi connectivity index (χ0n) is 28.1. The van der Waals surface area contributed by atoms with E-state index in [9.17, 15) is 23.6 Å². The van der Waals surface area contributed by atoms with E-state index in [1.54, 1.807) is 56.9 Å². The number of fused-ring (bicyclic) bond motifs is 1. The van der Waals surface area contributed by atoms with Crippen LogP contribution >= 0.6 is 0 Å². The van der Waals surface area contributed by atoms with Gasteiger partial charge in [0.05, 0.1) is 12.6 Å². The minimum Gasteiger partial charge on any atom is -0.460 e. The lowest BCUT2D eigenvalue weighted by Gasteiger charge is -2.37. The number of alkyl carbamates (subject to hydrolysis) is 1. The van der Waals surface area contributed by atoms with Crippen molar-refractivity contribution >= 4 is 40.5 Å². The zero-order chi connectivity index (χ0) is 33.7. The number of carbonyl (C=O) groups excluding carboxylic acids is 4. The molecule has 2 aromatic rings. The number of rotatable bonds is 9. The molecule has 1 aliphatic heterocycles. The third-order valence-electron chi connectivity index (χ3n) is 10.1.